The molecule has 0 fully saturated rings. The maximum atomic E-state index is 10.0. The third-order valence-electron chi connectivity index (χ3n) is 3.47. The van der Waals surface area contributed by atoms with Gasteiger partial charge in [0.2, 0.25) is 0 Å². The van der Waals surface area contributed by atoms with E-state index in [1.165, 1.54) is 5.56 Å². The van der Waals surface area contributed by atoms with Gasteiger partial charge in [-0.05, 0) is 30.4 Å². The van der Waals surface area contributed by atoms with Crippen molar-refractivity contribution in [3.63, 3.8) is 0 Å². The molecule has 2 heteroatoms. The molecule has 2 rings (SSSR count). The van der Waals surface area contributed by atoms with Crippen LogP contribution >= 0.6 is 0 Å². The lowest BCUT2D eigenvalue weighted by Gasteiger charge is -2.09. The minimum Gasteiger partial charge on any atom is -0.389 e. The lowest BCUT2D eigenvalue weighted by atomic mass is 10.0. The molecule has 0 aromatic heterocycles. The van der Waals surface area contributed by atoms with Gasteiger partial charge in [0.25, 0.3) is 0 Å². The third-order valence-corrected chi connectivity index (χ3v) is 3.47. The van der Waals surface area contributed by atoms with Crippen LogP contribution in [0.15, 0.2) is 72.8 Å². The Morgan fingerprint density at radius 2 is 1.48 bits per heavy atom. The normalized spacial score (nSPS) is 14.2. The summed E-state index contributed by atoms with van der Waals surface area (Å²) in [5.74, 6) is 0. The van der Waals surface area contributed by atoms with Crippen molar-refractivity contribution in [1.82, 2.24) is 0 Å². The van der Waals surface area contributed by atoms with E-state index in [2.05, 4.69) is 12.1 Å². The fraction of sp³-hybridized carbons (Fsp3) is 0.263. The number of hydrogen-bond donors (Lipinski definition) is 2. The number of aliphatic hydroxyl groups is 2. The summed E-state index contributed by atoms with van der Waals surface area (Å²) in [6, 6.07) is 19.7. The summed E-state index contributed by atoms with van der Waals surface area (Å²) < 4.78 is 0. The quantitative estimate of drug-likeness (QED) is 0.761. The lowest BCUT2D eigenvalue weighted by Crippen LogP contribution is -2.04. The molecule has 0 bridgehead atoms. The Hall–Kier alpha value is -1.90. The highest BCUT2D eigenvalue weighted by atomic mass is 16.3. The van der Waals surface area contributed by atoms with Crippen molar-refractivity contribution in [3.05, 3.63) is 83.9 Å². The van der Waals surface area contributed by atoms with Crippen LogP contribution in [0.2, 0.25) is 0 Å². The Morgan fingerprint density at radius 3 is 2.14 bits per heavy atom. The molecule has 0 aliphatic carbocycles. The van der Waals surface area contributed by atoms with Gasteiger partial charge < -0.3 is 10.2 Å². The third kappa shape index (κ3) is 5.54. The Labute approximate surface area is 126 Å². The topological polar surface area (TPSA) is 40.5 Å². The van der Waals surface area contributed by atoms with Crippen LogP contribution in [0.5, 0.6) is 0 Å². The van der Waals surface area contributed by atoms with Crippen molar-refractivity contribution in [2.24, 2.45) is 0 Å². The first-order valence-electron chi connectivity index (χ1n) is 7.37. The second kappa shape index (κ2) is 8.40. The SMILES string of the molecule is O[C@H](/C=C\C[C@@H](O)c1ccccc1)CCc1ccccc1. The fourth-order valence-electron chi connectivity index (χ4n) is 2.23. The molecule has 0 saturated carbocycles. The zero-order chi connectivity index (χ0) is 14.9. The summed E-state index contributed by atoms with van der Waals surface area (Å²) in [7, 11) is 0. The van der Waals surface area contributed by atoms with Gasteiger partial charge in [-0.25, -0.2) is 0 Å². The Bertz CT molecular complexity index is 534. The second-order valence-electron chi connectivity index (χ2n) is 5.18. The first-order chi connectivity index (χ1) is 10.3. The maximum Gasteiger partial charge on any atom is 0.0824 e. The van der Waals surface area contributed by atoms with Crippen LogP contribution in [-0.2, 0) is 6.42 Å². The fourth-order valence-corrected chi connectivity index (χ4v) is 2.23. The molecular weight excluding hydrogens is 260 g/mol. The van der Waals surface area contributed by atoms with Gasteiger partial charge in [0, 0.05) is 0 Å². The molecule has 0 amide bonds. The molecule has 0 spiro atoms. The molecule has 2 N–H and O–H groups in total. The van der Waals surface area contributed by atoms with Crippen LogP contribution in [-0.4, -0.2) is 16.3 Å². The van der Waals surface area contributed by atoms with E-state index in [1.54, 1.807) is 6.08 Å². The van der Waals surface area contributed by atoms with E-state index in [1.807, 2.05) is 54.6 Å². The molecule has 0 aliphatic rings. The van der Waals surface area contributed by atoms with Gasteiger partial charge in [0.05, 0.1) is 12.2 Å². The van der Waals surface area contributed by atoms with Crippen LogP contribution in [0.25, 0.3) is 0 Å². The zero-order valence-electron chi connectivity index (χ0n) is 12.1. The molecule has 21 heavy (non-hydrogen) atoms. The van der Waals surface area contributed by atoms with Crippen LogP contribution in [0.3, 0.4) is 0 Å². The van der Waals surface area contributed by atoms with Crippen LogP contribution in [0, 0.1) is 0 Å². The number of aliphatic hydroxyl groups excluding tert-OH is 2. The van der Waals surface area contributed by atoms with Crippen molar-refractivity contribution in [3.8, 4) is 0 Å². The van der Waals surface area contributed by atoms with Crippen molar-refractivity contribution in [1.29, 1.82) is 0 Å². The second-order valence-corrected chi connectivity index (χ2v) is 5.18. The highest BCUT2D eigenvalue weighted by molar-refractivity contribution is 5.18. The van der Waals surface area contributed by atoms with E-state index in [9.17, 15) is 10.2 Å². The number of aryl methyl sites for hydroxylation is 1. The van der Waals surface area contributed by atoms with Crippen molar-refractivity contribution in [2.75, 3.05) is 0 Å². The van der Waals surface area contributed by atoms with E-state index in [4.69, 9.17) is 0 Å². The van der Waals surface area contributed by atoms with Crippen LogP contribution < -0.4 is 0 Å². The average molecular weight is 282 g/mol. The number of hydrogen-bond acceptors (Lipinski definition) is 2. The molecule has 0 radical (unpaired) electrons. The largest absolute Gasteiger partial charge is 0.389 e. The smallest absolute Gasteiger partial charge is 0.0824 e. The Balaban J connectivity index is 1.73. The summed E-state index contributed by atoms with van der Waals surface area (Å²) in [5, 5.41) is 19.9. The highest BCUT2D eigenvalue weighted by Gasteiger charge is 2.05. The molecular formula is C19H22O2. The van der Waals surface area contributed by atoms with Crippen LogP contribution in [0.4, 0.5) is 0 Å². The summed E-state index contributed by atoms with van der Waals surface area (Å²) in [6.45, 7) is 0. The van der Waals surface area contributed by atoms with Gasteiger partial charge in [0.15, 0.2) is 0 Å². The highest BCUT2D eigenvalue weighted by Crippen LogP contribution is 2.16. The predicted octanol–water partition coefficient (Wildman–Crippen LogP) is 3.66. The molecule has 0 aliphatic heterocycles. The summed E-state index contributed by atoms with van der Waals surface area (Å²) >= 11 is 0. The minimum atomic E-state index is -0.510. The van der Waals surface area contributed by atoms with Gasteiger partial charge >= 0.3 is 0 Å². The molecule has 0 heterocycles. The monoisotopic (exact) mass is 282 g/mol. The summed E-state index contributed by atoms with van der Waals surface area (Å²) in [4.78, 5) is 0. The van der Waals surface area contributed by atoms with Gasteiger partial charge in [0.1, 0.15) is 0 Å². The van der Waals surface area contributed by atoms with E-state index in [0.717, 1.165) is 12.0 Å². The zero-order valence-corrected chi connectivity index (χ0v) is 12.1. The molecule has 0 saturated heterocycles. The van der Waals surface area contributed by atoms with Gasteiger partial charge in [-0.15, -0.1) is 0 Å². The minimum absolute atomic E-state index is 0.465. The summed E-state index contributed by atoms with van der Waals surface area (Å²) in [5.41, 5.74) is 2.13. The summed E-state index contributed by atoms with van der Waals surface area (Å²) in [6.07, 6.45) is 4.72. The van der Waals surface area contributed by atoms with Crippen LogP contribution in [0.1, 0.15) is 30.1 Å². The van der Waals surface area contributed by atoms with E-state index < -0.39 is 12.2 Å². The molecule has 2 aromatic rings. The van der Waals surface area contributed by atoms with Gasteiger partial charge in [-0.2, -0.15) is 0 Å². The van der Waals surface area contributed by atoms with Gasteiger partial charge in [-0.1, -0.05) is 72.8 Å². The predicted molar refractivity (Wildman–Crippen MR) is 85.9 cm³/mol. The van der Waals surface area contributed by atoms with E-state index in [-0.39, 0.29) is 0 Å². The molecule has 2 nitrogen and oxygen atoms in total. The molecule has 0 unspecified atom stereocenters. The molecule has 2 atom stereocenters. The maximum absolute atomic E-state index is 10.0. The van der Waals surface area contributed by atoms with Crippen molar-refractivity contribution in [2.45, 2.75) is 31.5 Å². The number of rotatable bonds is 7. The number of benzene rings is 2. The lowest BCUT2D eigenvalue weighted by molar-refractivity contribution is 0.179. The van der Waals surface area contributed by atoms with Crippen molar-refractivity contribution >= 4 is 0 Å². The Morgan fingerprint density at radius 1 is 0.857 bits per heavy atom. The first-order valence-corrected chi connectivity index (χ1v) is 7.37. The molecule has 110 valence electrons. The molecule has 2 aromatic carbocycles. The van der Waals surface area contributed by atoms with Gasteiger partial charge in [-0.3, -0.25) is 0 Å². The standard InChI is InChI=1S/C19H22O2/c20-18(15-14-16-8-3-1-4-9-16)12-7-13-19(21)17-10-5-2-6-11-17/h1-12,18-21H,13-15H2/b12-7-/t18-,19-/m1/s1. The van der Waals surface area contributed by atoms with Crippen molar-refractivity contribution < 1.29 is 10.2 Å². The van der Waals surface area contributed by atoms with E-state index >= 15 is 0 Å². The van der Waals surface area contributed by atoms with E-state index in [0.29, 0.717) is 12.8 Å². The first kappa shape index (κ1) is 15.5. The Kier molecular flexibility index (Phi) is 6.20. The average Bonchev–Trinajstić information content (AvgIpc) is 2.54.